The first-order chi connectivity index (χ1) is 9.71. The normalized spacial score (nSPS) is 11.7. The highest BCUT2D eigenvalue weighted by Gasteiger charge is 2.31. The summed E-state index contributed by atoms with van der Waals surface area (Å²) in [6, 6.07) is 3.60. The van der Waals surface area contributed by atoms with Crippen LogP contribution in [0, 0.1) is 5.82 Å². The van der Waals surface area contributed by atoms with Gasteiger partial charge in [0.1, 0.15) is 5.82 Å². The lowest BCUT2D eigenvalue weighted by molar-refractivity contribution is -0.147. The zero-order valence-electron chi connectivity index (χ0n) is 11.5. The zero-order valence-corrected chi connectivity index (χ0v) is 11.5. The predicted octanol–water partition coefficient (Wildman–Crippen LogP) is 2.62. The third-order valence-corrected chi connectivity index (χ3v) is 2.57. The summed E-state index contributed by atoms with van der Waals surface area (Å²) in [5.41, 5.74) is 5.55. The molecule has 0 bridgehead atoms. The van der Waals surface area contributed by atoms with E-state index in [-0.39, 0.29) is 17.9 Å². The number of benzene rings is 1. The average Bonchev–Trinajstić information content (AvgIpc) is 2.32. The number of nitrogens with two attached hydrogens (primary N) is 1. The number of nitrogen functional groups attached to an aromatic ring is 1. The molecule has 0 aliphatic rings. The van der Waals surface area contributed by atoms with E-state index in [1.165, 1.54) is 12.1 Å². The molecule has 0 saturated carbocycles. The molecule has 0 spiro atoms. The molecule has 0 aliphatic heterocycles. The predicted molar refractivity (Wildman–Crippen MR) is 72.2 cm³/mol. The molecular weight excluding hydrogens is 290 g/mol. The molecule has 0 unspecified atom stereocenters. The molecule has 8 heteroatoms. The van der Waals surface area contributed by atoms with Crippen molar-refractivity contribution in [2.75, 3.05) is 30.7 Å². The Morgan fingerprint density at radius 1 is 1.38 bits per heavy atom. The summed E-state index contributed by atoms with van der Waals surface area (Å²) in [5, 5.41) is 2.22. The van der Waals surface area contributed by atoms with Crippen LogP contribution in [0.5, 0.6) is 0 Å². The molecule has 1 aromatic rings. The maximum atomic E-state index is 13.4. The molecule has 4 nitrogen and oxygen atoms in total. The molecule has 0 heterocycles. The Kier molecular flexibility index (Phi) is 5.95. The fourth-order valence-electron chi connectivity index (χ4n) is 1.82. The molecule has 1 rings (SSSR count). The SMILES string of the molecule is CCCN(CC(=O)Nc1cc(N)ccc1F)CC(F)(F)F. The van der Waals surface area contributed by atoms with Crippen molar-refractivity contribution in [3.8, 4) is 0 Å². The van der Waals surface area contributed by atoms with Gasteiger partial charge >= 0.3 is 6.18 Å². The Bertz CT molecular complexity index is 491. The second-order valence-corrected chi connectivity index (χ2v) is 4.61. The van der Waals surface area contributed by atoms with Crippen molar-refractivity contribution in [3.05, 3.63) is 24.0 Å². The molecule has 1 aromatic carbocycles. The summed E-state index contributed by atoms with van der Waals surface area (Å²) in [4.78, 5) is 12.7. The molecule has 0 saturated heterocycles. The molecular formula is C13H17F4N3O. The molecule has 0 fully saturated rings. The van der Waals surface area contributed by atoms with Crippen LogP contribution in [0.2, 0.25) is 0 Å². The maximum absolute atomic E-state index is 13.4. The minimum Gasteiger partial charge on any atom is -0.399 e. The monoisotopic (exact) mass is 307 g/mol. The van der Waals surface area contributed by atoms with Crippen LogP contribution in [0.1, 0.15) is 13.3 Å². The van der Waals surface area contributed by atoms with Crippen molar-refractivity contribution in [1.29, 1.82) is 0 Å². The third-order valence-electron chi connectivity index (χ3n) is 2.57. The van der Waals surface area contributed by atoms with Gasteiger partial charge in [-0.15, -0.1) is 0 Å². The topological polar surface area (TPSA) is 58.4 Å². The number of hydrogen-bond donors (Lipinski definition) is 2. The Morgan fingerprint density at radius 3 is 2.62 bits per heavy atom. The third kappa shape index (κ3) is 6.44. The van der Waals surface area contributed by atoms with E-state index >= 15 is 0 Å². The lowest BCUT2D eigenvalue weighted by atomic mass is 10.2. The minimum absolute atomic E-state index is 0.117. The van der Waals surface area contributed by atoms with Crippen LogP contribution in [0.3, 0.4) is 0 Å². The van der Waals surface area contributed by atoms with Gasteiger partial charge in [0.05, 0.1) is 18.8 Å². The number of alkyl halides is 3. The van der Waals surface area contributed by atoms with Crippen molar-refractivity contribution in [1.82, 2.24) is 4.90 Å². The van der Waals surface area contributed by atoms with Crippen LogP contribution in [-0.2, 0) is 4.79 Å². The Morgan fingerprint density at radius 2 is 2.05 bits per heavy atom. The summed E-state index contributed by atoms with van der Waals surface area (Å²) >= 11 is 0. The molecule has 0 aromatic heterocycles. The number of nitrogens with one attached hydrogen (secondary N) is 1. The van der Waals surface area contributed by atoms with E-state index in [9.17, 15) is 22.4 Å². The standard InChI is InChI=1S/C13H17F4N3O/c1-2-5-20(8-13(15,16)17)7-12(21)19-11-6-9(18)3-4-10(11)14/h3-4,6H,2,5,7-8,18H2,1H3,(H,19,21). The summed E-state index contributed by atoms with van der Waals surface area (Å²) < 4.78 is 50.5. The average molecular weight is 307 g/mol. The minimum atomic E-state index is -4.39. The van der Waals surface area contributed by atoms with Gasteiger partial charge in [0, 0.05) is 5.69 Å². The van der Waals surface area contributed by atoms with Crippen molar-refractivity contribution in [3.63, 3.8) is 0 Å². The molecule has 1 amide bonds. The highest BCUT2D eigenvalue weighted by molar-refractivity contribution is 5.92. The van der Waals surface area contributed by atoms with Crippen LogP contribution in [0.25, 0.3) is 0 Å². The van der Waals surface area contributed by atoms with Crippen LogP contribution >= 0.6 is 0 Å². The van der Waals surface area contributed by atoms with Crippen molar-refractivity contribution < 1.29 is 22.4 Å². The van der Waals surface area contributed by atoms with Crippen molar-refractivity contribution in [2.45, 2.75) is 19.5 Å². The molecule has 21 heavy (non-hydrogen) atoms. The van der Waals surface area contributed by atoms with E-state index in [0.29, 0.717) is 6.42 Å². The summed E-state index contributed by atoms with van der Waals surface area (Å²) in [5.74, 6) is -1.42. The van der Waals surface area contributed by atoms with Gasteiger partial charge in [0.25, 0.3) is 0 Å². The zero-order chi connectivity index (χ0) is 16.0. The molecule has 0 atom stereocenters. The van der Waals surface area contributed by atoms with Crippen LogP contribution in [-0.4, -0.2) is 36.6 Å². The van der Waals surface area contributed by atoms with E-state index in [2.05, 4.69) is 5.32 Å². The first-order valence-corrected chi connectivity index (χ1v) is 6.35. The van der Waals surface area contributed by atoms with Gasteiger partial charge in [0.2, 0.25) is 5.91 Å². The second kappa shape index (κ2) is 7.26. The van der Waals surface area contributed by atoms with Gasteiger partial charge in [-0.2, -0.15) is 13.2 Å². The number of nitrogens with zero attached hydrogens (tertiary/aromatic N) is 1. The Hall–Kier alpha value is -1.83. The highest BCUT2D eigenvalue weighted by atomic mass is 19.4. The second-order valence-electron chi connectivity index (χ2n) is 4.61. The summed E-state index contributed by atoms with van der Waals surface area (Å²) in [6.45, 7) is 0.167. The first-order valence-electron chi connectivity index (χ1n) is 6.35. The quantitative estimate of drug-likeness (QED) is 0.627. The van der Waals surface area contributed by atoms with Gasteiger partial charge in [-0.3, -0.25) is 9.69 Å². The fraction of sp³-hybridized carbons (Fsp3) is 0.462. The summed E-state index contributed by atoms with van der Waals surface area (Å²) in [7, 11) is 0. The number of hydrogen-bond acceptors (Lipinski definition) is 3. The Labute approximate surface area is 119 Å². The van der Waals surface area contributed by atoms with Crippen LogP contribution in [0.15, 0.2) is 18.2 Å². The number of anilines is 2. The van der Waals surface area contributed by atoms with Crippen molar-refractivity contribution >= 4 is 17.3 Å². The lowest BCUT2D eigenvalue weighted by Crippen LogP contribution is -2.40. The van der Waals surface area contributed by atoms with Gasteiger partial charge in [-0.1, -0.05) is 6.92 Å². The van der Waals surface area contributed by atoms with Gasteiger partial charge in [0.15, 0.2) is 0 Å². The summed E-state index contributed by atoms with van der Waals surface area (Å²) in [6.07, 6.45) is -3.92. The number of amides is 1. The largest absolute Gasteiger partial charge is 0.401 e. The van der Waals surface area contributed by atoms with E-state index in [0.717, 1.165) is 11.0 Å². The van der Waals surface area contributed by atoms with E-state index in [4.69, 9.17) is 5.73 Å². The number of carbonyl (C=O) groups excluding carboxylic acids is 1. The van der Waals surface area contributed by atoms with E-state index < -0.39 is 31.0 Å². The van der Waals surface area contributed by atoms with E-state index in [1.54, 1.807) is 6.92 Å². The molecule has 0 aliphatic carbocycles. The van der Waals surface area contributed by atoms with Crippen LogP contribution < -0.4 is 11.1 Å². The highest BCUT2D eigenvalue weighted by Crippen LogP contribution is 2.19. The first kappa shape index (κ1) is 17.2. The van der Waals surface area contributed by atoms with E-state index in [1.807, 2.05) is 0 Å². The number of carbonyl (C=O) groups is 1. The van der Waals surface area contributed by atoms with Crippen LogP contribution in [0.4, 0.5) is 28.9 Å². The molecule has 0 radical (unpaired) electrons. The number of halogens is 4. The molecule has 118 valence electrons. The number of rotatable bonds is 6. The Balaban J connectivity index is 2.67. The van der Waals surface area contributed by atoms with Crippen molar-refractivity contribution in [2.24, 2.45) is 0 Å². The van der Waals surface area contributed by atoms with Gasteiger partial charge in [-0.05, 0) is 31.2 Å². The van der Waals surface area contributed by atoms with Gasteiger partial charge < -0.3 is 11.1 Å². The molecule has 3 N–H and O–H groups in total. The maximum Gasteiger partial charge on any atom is 0.401 e. The van der Waals surface area contributed by atoms with Gasteiger partial charge in [-0.25, -0.2) is 4.39 Å². The fourth-order valence-corrected chi connectivity index (χ4v) is 1.82. The lowest BCUT2D eigenvalue weighted by Gasteiger charge is -2.22. The smallest absolute Gasteiger partial charge is 0.399 e.